The van der Waals surface area contributed by atoms with E-state index >= 15 is 0 Å². The first-order valence-electron chi connectivity index (χ1n) is 4.32. The Bertz CT molecular complexity index is 212. The van der Waals surface area contributed by atoms with E-state index in [0.29, 0.717) is 0 Å². The maximum absolute atomic E-state index is 11.5. The highest BCUT2D eigenvalue weighted by atomic mass is 16.5. The second-order valence-electron chi connectivity index (χ2n) is 4.87. The van der Waals surface area contributed by atoms with Gasteiger partial charge in [0, 0.05) is 0 Å². The standard InChI is InChI=1S/C10H18O2/c1-8(2)9(3,4)10(8,5)7(11)12-6/h1-6H3. The lowest BCUT2D eigenvalue weighted by Gasteiger charge is -2.11. The van der Waals surface area contributed by atoms with Crippen LogP contribution in [0.4, 0.5) is 0 Å². The molecule has 0 radical (unpaired) electrons. The summed E-state index contributed by atoms with van der Waals surface area (Å²) >= 11 is 0. The minimum absolute atomic E-state index is 0.0487. The second-order valence-corrected chi connectivity index (χ2v) is 4.87. The highest BCUT2D eigenvalue weighted by Crippen LogP contribution is 2.77. The molecular formula is C10H18O2. The Morgan fingerprint density at radius 2 is 1.33 bits per heavy atom. The molecular weight excluding hydrogens is 152 g/mol. The molecule has 1 rings (SSSR count). The highest BCUT2D eigenvalue weighted by Gasteiger charge is 2.78. The van der Waals surface area contributed by atoms with E-state index in [1.807, 2.05) is 6.92 Å². The van der Waals surface area contributed by atoms with Crippen molar-refractivity contribution in [2.75, 3.05) is 7.11 Å². The summed E-state index contributed by atoms with van der Waals surface area (Å²) in [7, 11) is 1.46. The fourth-order valence-electron chi connectivity index (χ4n) is 2.31. The Morgan fingerprint density at radius 1 is 1.00 bits per heavy atom. The van der Waals surface area contributed by atoms with Crippen LogP contribution in [0, 0.1) is 16.2 Å². The van der Waals surface area contributed by atoms with Crippen LogP contribution < -0.4 is 0 Å². The number of carbonyl (C=O) groups is 1. The molecule has 0 unspecified atom stereocenters. The van der Waals surface area contributed by atoms with Gasteiger partial charge in [-0.3, -0.25) is 4.79 Å². The lowest BCUT2D eigenvalue weighted by Crippen LogP contribution is -2.20. The highest BCUT2D eigenvalue weighted by molar-refractivity contribution is 5.83. The van der Waals surface area contributed by atoms with E-state index in [1.165, 1.54) is 7.11 Å². The molecule has 0 atom stereocenters. The van der Waals surface area contributed by atoms with Crippen molar-refractivity contribution in [3.05, 3.63) is 0 Å². The Morgan fingerprint density at radius 3 is 1.42 bits per heavy atom. The van der Waals surface area contributed by atoms with Crippen molar-refractivity contribution in [3.63, 3.8) is 0 Å². The van der Waals surface area contributed by atoms with Gasteiger partial charge in [0.2, 0.25) is 0 Å². The Labute approximate surface area is 74.3 Å². The SMILES string of the molecule is COC(=O)C1(C)C(C)(C)C1(C)C. The van der Waals surface area contributed by atoms with Crippen molar-refractivity contribution in [1.82, 2.24) is 0 Å². The predicted molar refractivity (Wildman–Crippen MR) is 47.7 cm³/mol. The zero-order chi connectivity index (χ0) is 9.78. The summed E-state index contributed by atoms with van der Waals surface area (Å²) in [6, 6.07) is 0. The van der Waals surface area contributed by atoms with Gasteiger partial charge in [-0.15, -0.1) is 0 Å². The van der Waals surface area contributed by atoms with E-state index < -0.39 is 0 Å². The third-order valence-electron chi connectivity index (χ3n) is 4.59. The van der Waals surface area contributed by atoms with Gasteiger partial charge in [-0.25, -0.2) is 0 Å². The average Bonchev–Trinajstić information content (AvgIpc) is 2.28. The van der Waals surface area contributed by atoms with E-state index in [1.54, 1.807) is 0 Å². The lowest BCUT2D eigenvalue weighted by molar-refractivity contribution is -0.148. The summed E-state index contributed by atoms with van der Waals surface area (Å²) in [4.78, 5) is 11.5. The van der Waals surface area contributed by atoms with Crippen LogP contribution in [0.2, 0.25) is 0 Å². The zero-order valence-corrected chi connectivity index (χ0v) is 8.82. The first kappa shape index (κ1) is 9.56. The molecule has 0 aromatic heterocycles. The topological polar surface area (TPSA) is 26.3 Å². The molecule has 0 N–H and O–H groups in total. The Hall–Kier alpha value is -0.530. The van der Waals surface area contributed by atoms with Gasteiger partial charge in [-0.05, 0) is 17.8 Å². The molecule has 0 spiro atoms. The number of carbonyl (C=O) groups excluding carboxylic acids is 1. The van der Waals surface area contributed by atoms with Crippen LogP contribution in [0.25, 0.3) is 0 Å². The van der Waals surface area contributed by atoms with Gasteiger partial charge in [0.25, 0.3) is 0 Å². The van der Waals surface area contributed by atoms with Crippen molar-refractivity contribution < 1.29 is 9.53 Å². The predicted octanol–water partition coefficient (Wildman–Crippen LogP) is 2.23. The van der Waals surface area contributed by atoms with Crippen molar-refractivity contribution in [2.24, 2.45) is 16.2 Å². The Balaban J connectivity index is 3.00. The maximum Gasteiger partial charge on any atom is 0.312 e. The quantitative estimate of drug-likeness (QED) is 0.564. The molecule has 2 nitrogen and oxygen atoms in total. The molecule has 0 aliphatic heterocycles. The van der Waals surface area contributed by atoms with Gasteiger partial charge in [-0.2, -0.15) is 0 Å². The molecule has 0 bridgehead atoms. The number of hydrogen-bond acceptors (Lipinski definition) is 2. The van der Waals surface area contributed by atoms with Gasteiger partial charge in [-0.1, -0.05) is 27.7 Å². The zero-order valence-electron chi connectivity index (χ0n) is 8.82. The van der Waals surface area contributed by atoms with Crippen LogP contribution in [0.1, 0.15) is 34.6 Å². The molecule has 2 heteroatoms. The maximum atomic E-state index is 11.5. The lowest BCUT2D eigenvalue weighted by atomic mass is 9.98. The second kappa shape index (κ2) is 2.04. The number of ether oxygens (including phenoxy) is 1. The van der Waals surface area contributed by atoms with Crippen molar-refractivity contribution >= 4 is 5.97 Å². The molecule has 1 aliphatic rings. The third-order valence-corrected chi connectivity index (χ3v) is 4.59. The third kappa shape index (κ3) is 0.644. The van der Waals surface area contributed by atoms with Crippen molar-refractivity contribution in [1.29, 1.82) is 0 Å². The minimum atomic E-state index is -0.311. The van der Waals surface area contributed by atoms with E-state index in [-0.39, 0.29) is 22.2 Å². The van der Waals surface area contributed by atoms with Gasteiger partial charge >= 0.3 is 5.97 Å². The first-order valence-corrected chi connectivity index (χ1v) is 4.32. The molecule has 1 aliphatic carbocycles. The van der Waals surface area contributed by atoms with Gasteiger partial charge < -0.3 is 4.74 Å². The average molecular weight is 170 g/mol. The van der Waals surface area contributed by atoms with Gasteiger partial charge in [0.15, 0.2) is 0 Å². The van der Waals surface area contributed by atoms with Crippen LogP contribution in [0.15, 0.2) is 0 Å². The Kier molecular flexibility index (Phi) is 1.62. The van der Waals surface area contributed by atoms with Crippen LogP contribution in [0.5, 0.6) is 0 Å². The fraction of sp³-hybridized carbons (Fsp3) is 0.900. The number of methoxy groups -OCH3 is 1. The number of rotatable bonds is 1. The molecule has 0 amide bonds. The number of hydrogen-bond donors (Lipinski definition) is 0. The molecule has 1 saturated carbocycles. The summed E-state index contributed by atoms with van der Waals surface area (Å²) in [6.45, 7) is 10.4. The van der Waals surface area contributed by atoms with Crippen LogP contribution in [-0.4, -0.2) is 13.1 Å². The van der Waals surface area contributed by atoms with Gasteiger partial charge in [0.1, 0.15) is 0 Å². The monoisotopic (exact) mass is 170 g/mol. The number of esters is 1. The molecule has 0 saturated heterocycles. The molecule has 0 aromatic carbocycles. The molecule has 0 heterocycles. The van der Waals surface area contributed by atoms with E-state index in [2.05, 4.69) is 27.7 Å². The summed E-state index contributed by atoms with van der Waals surface area (Å²) in [5.74, 6) is -0.0856. The smallest absolute Gasteiger partial charge is 0.312 e. The summed E-state index contributed by atoms with van der Waals surface area (Å²) < 4.78 is 4.81. The molecule has 1 fully saturated rings. The summed E-state index contributed by atoms with van der Waals surface area (Å²) in [5.41, 5.74) is -0.213. The molecule has 0 aromatic rings. The normalized spacial score (nSPS) is 27.8. The van der Waals surface area contributed by atoms with E-state index in [0.717, 1.165) is 0 Å². The largest absolute Gasteiger partial charge is 0.469 e. The van der Waals surface area contributed by atoms with E-state index in [9.17, 15) is 4.79 Å². The van der Waals surface area contributed by atoms with Crippen LogP contribution in [0.3, 0.4) is 0 Å². The van der Waals surface area contributed by atoms with Crippen molar-refractivity contribution in [2.45, 2.75) is 34.6 Å². The fourth-order valence-corrected chi connectivity index (χ4v) is 2.31. The van der Waals surface area contributed by atoms with Crippen LogP contribution in [-0.2, 0) is 9.53 Å². The first-order chi connectivity index (χ1) is 5.23. The summed E-state index contributed by atoms with van der Waals surface area (Å²) in [6.07, 6.45) is 0. The van der Waals surface area contributed by atoms with Gasteiger partial charge in [0.05, 0.1) is 12.5 Å². The summed E-state index contributed by atoms with van der Waals surface area (Å²) in [5, 5.41) is 0. The molecule has 70 valence electrons. The molecule has 12 heavy (non-hydrogen) atoms. The van der Waals surface area contributed by atoms with Crippen molar-refractivity contribution in [3.8, 4) is 0 Å². The van der Waals surface area contributed by atoms with Crippen LogP contribution >= 0.6 is 0 Å². The minimum Gasteiger partial charge on any atom is -0.469 e. The van der Waals surface area contributed by atoms with E-state index in [4.69, 9.17) is 4.74 Å².